The summed E-state index contributed by atoms with van der Waals surface area (Å²) in [5.74, 6) is 2.65. The molecular formula is C19H29N. The lowest BCUT2D eigenvalue weighted by atomic mass is 9.57. The standard InChI is InChI=1S/C19H29N/c1-15-10-16(2)13-19(12-15)8-9-20-14-18(19)11-17-6-4-3-5-7-17/h3-7,15-16,18,20H,8-14H2,1-2H3. The summed E-state index contributed by atoms with van der Waals surface area (Å²) in [6.45, 7) is 7.39. The first-order valence-electron chi connectivity index (χ1n) is 8.42. The molecule has 1 nitrogen and oxygen atoms in total. The van der Waals surface area contributed by atoms with Gasteiger partial charge < -0.3 is 5.32 Å². The van der Waals surface area contributed by atoms with Gasteiger partial charge in [-0.15, -0.1) is 0 Å². The fraction of sp³-hybridized carbons (Fsp3) is 0.684. The van der Waals surface area contributed by atoms with Gasteiger partial charge >= 0.3 is 0 Å². The van der Waals surface area contributed by atoms with Crippen LogP contribution in [0.5, 0.6) is 0 Å². The van der Waals surface area contributed by atoms with Crippen LogP contribution in [-0.2, 0) is 6.42 Å². The molecule has 20 heavy (non-hydrogen) atoms. The highest BCUT2D eigenvalue weighted by molar-refractivity contribution is 5.16. The Balaban J connectivity index is 1.79. The molecular weight excluding hydrogens is 242 g/mol. The van der Waals surface area contributed by atoms with E-state index in [1.54, 1.807) is 0 Å². The third kappa shape index (κ3) is 2.93. The van der Waals surface area contributed by atoms with E-state index in [0.29, 0.717) is 5.41 Å². The van der Waals surface area contributed by atoms with Crippen LogP contribution in [0, 0.1) is 23.2 Å². The van der Waals surface area contributed by atoms with E-state index < -0.39 is 0 Å². The van der Waals surface area contributed by atoms with Gasteiger partial charge in [0.25, 0.3) is 0 Å². The molecule has 3 rings (SSSR count). The molecule has 1 spiro atoms. The predicted molar refractivity (Wildman–Crippen MR) is 85.7 cm³/mol. The quantitative estimate of drug-likeness (QED) is 0.846. The molecule has 1 saturated carbocycles. The second-order valence-corrected chi connectivity index (χ2v) is 7.56. The normalized spacial score (nSPS) is 38.0. The smallest absolute Gasteiger partial charge is 0.00120 e. The van der Waals surface area contributed by atoms with Crippen molar-refractivity contribution in [2.24, 2.45) is 23.2 Å². The van der Waals surface area contributed by atoms with Gasteiger partial charge in [0.05, 0.1) is 0 Å². The number of piperidine rings is 1. The molecule has 1 N–H and O–H groups in total. The minimum atomic E-state index is 0.609. The highest BCUT2D eigenvalue weighted by atomic mass is 14.9. The summed E-state index contributed by atoms with van der Waals surface area (Å²) in [6.07, 6.45) is 6.99. The van der Waals surface area contributed by atoms with Crippen LogP contribution in [0.15, 0.2) is 30.3 Å². The van der Waals surface area contributed by atoms with E-state index in [2.05, 4.69) is 49.5 Å². The highest BCUT2D eigenvalue weighted by Crippen LogP contribution is 2.51. The van der Waals surface area contributed by atoms with Crippen molar-refractivity contribution in [2.75, 3.05) is 13.1 Å². The van der Waals surface area contributed by atoms with Gasteiger partial charge in [-0.25, -0.2) is 0 Å². The van der Waals surface area contributed by atoms with E-state index in [1.807, 2.05) is 0 Å². The fourth-order valence-electron chi connectivity index (χ4n) is 5.08. The molecule has 0 aromatic heterocycles. The first-order valence-corrected chi connectivity index (χ1v) is 8.42. The molecule has 0 amide bonds. The van der Waals surface area contributed by atoms with Crippen molar-refractivity contribution in [3.05, 3.63) is 35.9 Å². The molecule has 1 heteroatoms. The van der Waals surface area contributed by atoms with E-state index in [-0.39, 0.29) is 0 Å². The lowest BCUT2D eigenvalue weighted by Gasteiger charge is -2.51. The number of hydrogen-bond donors (Lipinski definition) is 1. The van der Waals surface area contributed by atoms with Gasteiger partial charge in [0.15, 0.2) is 0 Å². The van der Waals surface area contributed by atoms with Crippen LogP contribution >= 0.6 is 0 Å². The molecule has 2 fully saturated rings. The SMILES string of the molecule is CC1CC(C)CC2(CCNCC2Cc2ccccc2)C1. The molecule has 1 saturated heterocycles. The molecule has 3 unspecified atom stereocenters. The molecule has 1 aromatic carbocycles. The van der Waals surface area contributed by atoms with Crippen LogP contribution in [0.3, 0.4) is 0 Å². The van der Waals surface area contributed by atoms with Gasteiger partial charge in [-0.3, -0.25) is 0 Å². The Morgan fingerprint density at radius 1 is 1.10 bits per heavy atom. The number of nitrogens with one attached hydrogen (secondary N) is 1. The van der Waals surface area contributed by atoms with Crippen LogP contribution in [-0.4, -0.2) is 13.1 Å². The van der Waals surface area contributed by atoms with Crippen LogP contribution < -0.4 is 5.32 Å². The van der Waals surface area contributed by atoms with E-state index in [0.717, 1.165) is 17.8 Å². The van der Waals surface area contributed by atoms with Gasteiger partial charge in [-0.1, -0.05) is 44.2 Å². The summed E-state index contributed by atoms with van der Waals surface area (Å²) < 4.78 is 0. The molecule has 3 atom stereocenters. The largest absolute Gasteiger partial charge is 0.316 e. The molecule has 0 bridgehead atoms. The van der Waals surface area contributed by atoms with Crippen LogP contribution in [0.2, 0.25) is 0 Å². The highest BCUT2D eigenvalue weighted by Gasteiger charge is 2.44. The first kappa shape index (κ1) is 14.1. The number of rotatable bonds is 2. The van der Waals surface area contributed by atoms with E-state index in [9.17, 15) is 0 Å². The lowest BCUT2D eigenvalue weighted by Crippen LogP contribution is -2.49. The monoisotopic (exact) mass is 271 g/mol. The summed E-state index contributed by atoms with van der Waals surface area (Å²) in [5, 5.41) is 3.66. The Hall–Kier alpha value is -0.820. The topological polar surface area (TPSA) is 12.0 Å². The van der Waals surface area contributed by atoms with Crippen molar-refractivity contribution in [2.45, 2.75) is 46.0 Å². The molecule has 1 heterocycles. The number of benzene rings is 1. The van der Waals surface area contributed by atoms with Crippen molar-refractivity contribution >= 4 is 0 Å². The van der Waals surface area contributed by atoms with E-state index in [4.69, 9.17) is 0 Å². The maximum absolute atomic E-state index is 3.66. The molecule has 110 valence electrons. The lowest BCUT2D eigenvalue weighted by molar-refractivity contribution is 0.0132. The van der Waals surface area contributed by atoms with Gasteiger partial charge in [0, 0.05) is 0 Å². The van der Waals surface area contributed by atoms with E-state index in [1.165, 1.54) is 50.8 Å². The maximum Gasteiger partial charge on any atom is -0.00120 e. The van der Waals surface area contributed by atoms with Crippen molar-refractivity contribution in [1.82, 2.24) is 5.32 Å². The van der Waals surface area contributed by atoms with Gasteiger partial charge in [-0.05, 0) is 73.9 Å². The van der Waals surface area contributed by atoms with Crippen molar-refractivity contribution < 1.29 is 0 Å². The van der Waals surface area contributed by atoms with Crippen LogP contribution in [0.1, 0.15) is 45.1 Å². The Morgan fingerprint density at radius 2 is 1.80 bits per heavy atom. The second kappa shape index (κ2) is 5.89. The summed E-state index contributed by atoms with van der Waals surface area (Å²) >= 11 is 0. The minimum Gasteiger partial charge on any atom is -0.316 e. The third-order valence-corrected chi connectivity index (χ3v) is 5.70. The van der Waals surface area contributed by atoms with Gasteiger partial charge in [0.2, 0.25) is 0 Å². The maximum atomic E-state index is 3.66. The number of hydrogen-bond acceptors (Lipinski definition) is 1. The zero-order valence-corrected chi connectivity index (χ0v) is 13.1. The Labute approximate surface area is 124 Å². The van der Waals surface area contributed by atoms with Crippen molar-refractivity contribution in [1.29, 1.82) is 0 Å². The second-order valence-electron chi connectivity index (χ2n) is 7.56. The zero-order chi connectivity index (χ0) is 14.0. The van der Waals surface area contributed by atoms with E-state index >= 15 is 0 Å². The predicted octanol–water partition coefficient (Wildman–Crippen LogP) is 4.28. The summed E-state index contributed by atoms with van der Waals surface area (Å²) in [5.41, 5.74) is 2.13. The Bertz CT molecular complexity index is 415. The summed E-state index contributed by atoms with van der Waals surface area (Å²) in [6, 6.07) is 11.1. The average molecular weight is 271 g/mol. The molecule has 1 aliphatic heterocycles. The molecule has 2 aliphatic rings. The van der Waals surface area contributed by atoms with Crippen LogP contribution in [0.4, 0.5) is 0 Å². The van der Waals surface area contributed by atoms with Crippen molar-refractivity contribution in [3.63, 3.8) is 0 Å². The van der Waals surface area contributed by atoms with Crippen molar-refractivity contribution in [3.8, 4) is 0 Å². The fourth-order valence-corrected chi connectivity index (χ4v) is 5.08. The first-order chi connectivity index (χ1) is 9.68. The molecule has 1 aromatic rings. The third-order valence-electron chi connectivity index (χ3n) is 5.70. The van der Waals surface area contributed by atoms with Gasteiger partial charge in [-0.2, -0.15) is 0 Å². The van der Waals surface area contributed by atoms with Crippen LogP contribution in [0.25, 0.3) is 0 Å². The minimum absolute atomic E-state index is 0.609. The zero-order valence-electron chi connectivity index (χ0n) is 13.1. The molecule has 1 aliphatic carbocycles. The summed E-state index contributed by atoms with van der Waals surface area (Å²) in [4.78, 5) is 0. The Kier molecular flexibility index (Phi) is 4.16. The molecule has 0 radical (unpaired) electrons. The Morgan fingerprint density at radius 3 is 2.50 bits per heavy atom. The van der Waals surface area contributed by atoms with Gasteiger partial charge in [0.1, 0.15) is 0 Å². The average Bonchev–Trinajstić information content (AvgIpc) is 2.41. The summed E-state index contributed by atoms with van der Waals surface area (Å²) in [7, 11) is 0.